The molecule has 0 radical (unpaired) electrons. The summed E-state index contributed by atoms with van der Waals surface area (Å²) in [6.07, 6.45) is -3.42. The summed E-state index contributed by atoms with van der Waals surface area (Å²) in [5, 5.41) is 0. The third kappa shape index (κ3) is 7.88. The molecule has 0 amide bonds. The van der Waals surface area contributed by atoms with Crippen LogP contribution < -0.4 is 0 Å². The van der Waals surface area contributed by atoms with Crippen molar-refractivity contribution in [2.45, 2.75) is 62.8 Å². The van der Waals surface area contributed by atoms with Crippen molar-refractivity contribution < 1.29 is 33.3 Å². The summed E-state index contributed by atoms with van der Waals surface area (Å²) in [5.41, 5.74) is 2.17. The summed E-state index contributed by atoms with van der Waals surface area (Å²) >= 11 is 1.54. The zero-order valence-corrected chi connectivity index (χ0v) is 27.1. The van der Waals surface area contributed by atoms with Gasteiger partial charge in [-0.25, -0.2) is 0 Å². The van der Waals surface area contributed by atoms with E-state index >= 15 is 0 Å². The molecule has 5 rings (SSSR count). The maximum Gasteiger partial charge on any atom is 0.303 e. The van der Waals surface area contributed by atoms with Crippen LogP contribution in [0.25, 0.3) is 0 Å². The zero-order valence-electron chi connectivity index (χ0n) is 26.3. The van der Waals surface area contributed by atoms with E-state index in [2.05, 4.69) is 0 Å². The Hall–Kier alpha value is -3.95. The van der Waals surface area contributed by atoms with E-state index in [0.717, 1.165) is 28.0 Å². The van der Waals surface area contributed by atoms with Crippen LogP contribution >= 0.6 is 11.8 Å². The second-order valence-corrected chi connectivity index (χ2v) is 12.4. The molecule has 7 nitrogen and oxygen atoms in total. The van der Waals surface area contributed by atoms with Gasteiger partial charge < -0.3 is 23.7 Å². The summed E-state index contributed by atoms with van der Waals surface area (Å²) in [4.78, 5) is 25.1. The lowest BCUT2D eigenvalue weighted by molar-refractivity contribution is -0.245. The molecule has 0 N–H and O–H groups in total. The van der Waals surface area contributed by atoms with E-state index < -0.39 is 47.4 Å². The first-order chi connectivity index (χ1) is 22.4. The number of benzene rings is 4. The smallest absolute Gasteiger partial charge is 0.303 e. The van der Waals surface area contributed by atoms with Gasteiger partial charge in [-0.05, 0) is 28.0 Å². The molecule has 1 saturated heterocycles. The van der Waals surface area contributed by atoms with Gasteiger partial charge in [-0.3, -0.25) is 9.59 Å². The van der Waals surface area contributed by atoms with Gasteiger partial charge in [0.05, 0.1) is 13.2 Å². The molecule has 1 heterocycles. The largest absolute Gasteiger partial charge is 0.456 e. The van der Waals surface area contributed by atoms with Crippen molar-refractivity contribution in [2.24, 2.45) is 0 Å². The van der Waals surface area contributed by atoms with E-state index in [4.69, 9.17) is 23.7 Å². The normalized spacial score (nSPS) is 21.3. The minimum absolute atomic E-state index is 0.0145. The minimum Gasteiger partial charge on any atom is -0.456 e. The van der Waals surface area contributed by atoms with Crippen LogP contribution in [0.3, 0.4) is 0 Å². The molecule has 4 aromatic rings. The average molecular weight is 641 g/mol. The fourth-order valence-electron chi connectivity index (χ4n) is 5.89. The molecule has 0 saturated carbocycles. The molecule has 0 spiro atoms. The molecule has 1 aliphatic heterocycles. The van der Waals surface area contributed by atoms with E-state index in [1.165, 1.54) is 25.6 Å². The van der Waals surface area contributed by atoms with Crippen molar-refractivity contribution in [3.8, 4) is 0 Å². The maximum absolute atomic E-state index is 12.5. The second-order valence-electron chi connectivity index (χ2n) is 11.0. The second kappa shape index (κ2) is 16.1. The summed E-state index contributed by atoms with van der Waals surface area (Å²) < 4.78 is 32.0. The van der Waals surface area contributed by atoms with Crippen LogP contribution in [0.1, 0.15) is 43.0 Å². The molecular weight excluding hydrogens is 600 g/mol. The van der Waals surface area contributed by atoms with Crippen molar-refractivity contribution in [2.75, 3.05) is 12.4 Å². The van der Waals surface area contributed by atoms with Crippen molar-refractivity contribution in [1.29, 1.82) is 0 Å². The monoisotopic (exact) mass is 640 g/mol. The van der Waals surface area contributed by atoms with Crippen molar-refractivity contribution in [3.05, 3.63) is 144 Å². The van der Waals surface area contributed by atoms with Crippen LogP contribution in [-0.4, -0.2) is 54.2 Å². The molecule has 1 fully saturated rings. The van der Waals surface area contributed by atoms with Crippen LogP contribution in [0.4, 0.5) is 0 Å². The van der Waals surface area contributed by atoms with Crippen LogP contribution in [-0.2, 0) is 45.5 Å². The number of ether oxygens (including phenoxy) is 5. The SMILES string of the molecule is CCS[C@@H]1O[C@H](COC(c2ccccc2)(c2ccccc2)c2ccccc2)[C@@H](OC(C)=O)[C@H](OC(C)=O)[C@H]1OCc1ccccc1. The summed E-state index contributed by atoms with van der Waals surface area (Å²) in [6.45, 7) is 4.98. The summed E-state index contributed by atoms with van der Waals surface area (Å²) in [5.74, 6) is -0.319. The Morgan fingerprint density at radius 2 is 1.13 bits per heavy atom. The molecule has 0 bridgehead atoms. The van der Waals surface area contributed by atoms with E-state index in [-0.39, 0.29) is 13.2 Å². The van der Waals surface area contributed by atoms with Crippen molar-refractivity contribution in [3.63, 3.8) is 0 Å². The first-order valence-electron chi connectivity index (χ1n) is 15.5. The Kier molecular flexibility index (Phi) is 11.7. The maximum atomic E-state index is 12.5. The molecule has 0 aliphatic carbocycles. The van der Waals surface area contributed by atoms with Gasteiger partial charge in [0.1, 0.15) is 23.2 Å². The molecule has 8 heteroatoms. The fraction of sp³-hybridized carbons (Fsp3) is 0.316. The Balaban J connectivity index is 1.55. The number of esters is 2. The molecule has 0 aromatic heterocycles. The number of hydrogen-bond donors (Lipinski definition) is 0. The van der Waals surface area contributed by atoms with Gasteiger partial charge in [0, 0.05) is 13.8 Å². The summed E-state index contributed by atoms with van der Waals surface area (Å²) in [7, 11) is 0. The number of rotatable bonds is 13. The van der Waals surface area contributed by atoms with Gasteiger partial charge in [0.25, 0.3) is 0 Å². The van der Waals surface area contributed by atoms with Crippen molar-refractivity contribution in [1.82, 2.24) is 0 Å². The third-order valence-electron chi connectivity index (χ3n) is 7.82. The highest BCUT2D eigenvalue weighted by molar-refractivity contribution is 7.99. The molecule has 46 heavy (non-hydrogen) atoms. The van der Waals surface area contributed by atoms with E-state index in [9.17, 15) is 9.59 Å². The van der Waals surface area contributed by atoms with Crippen LogP contribution in [0.15, 0.2) is 121 Å². The molecular formula is C38H40O7S. The number of hydrogen-bond acceptors (Lipinski definition) is 8. The predicted octanol–water partition coefficient (Wildman–Crippen LogP) is 6.92. The molecule has 0 unspecified atom stereocenters. The van der Waals surface area contributed by atoms with E-state index in [0.29, 0.717) is 0 Å². The Labute approximate surface area is 275 Å². The number of thioether (sulfide) groups is 1. The highest BCUT2D eigenvalue weighted by Gasteiger charge is 2.52. The Morgan fingerprint density at radius 3 is 1.59 bits per heavy atom. The molecule has 1 aliphatic rings. The highest BCUT2D eigenvalue weighted by Crippen LogP contribution is 2.42. The van der Waals surface area contributed by atoms with Gasteiger partial charge >= 0.3 is 11.9 Å². The van der Waals surface area contributed by atoms with Crippen LogP contribution in [0.2, 0.25) is 0 Å². The standard InChI is InChI=1S/C38H40O7S/c1-4-46-37-36(41-25-29-17-9-5-10-18-29)35(44-28(3)40)34(43-27(2)39)33(45-37)26-42-38(30-19-11-6-12-20-30,31-21-13-7-14-22-31)32-23-15-8-16-24-32/h5-24,33-37H,4,25-26H2,1-3H3/t33-,34-,35+,36-,37+/m1/s1. The number of carbonyl (C=O) groups excluding carboxylic acids is 2. The van der Waals surface area contributed by atoms with Gasteiger partial charge in [-0.1, -0.05) is 128 Å². The van der Waals surface area contributed by atoms with E-state index in [1.807, 2.05) is 128 Å². The predicted molar refractivity (Wildman–Crippen MR) is 178 cm³/mol. The number of carbonyl (C=O) groups is 2. The molecule has 4 aromatic carbocycles. The quantitative estimate of drug-likeness (QED) is 0.115. The average Bonchev–Trinajstić information content (AvgIpc) is 3.08. The van der Waals surface area contributed by atoms with E-state index in [1.54, 1.807) is 0 Å². The Morgan fingerprint density at radius 1 is 0.674 bits per heavy atom. The topological polar surface area (TPSA) is 80.3 Å². The van der Waals surface area contributed by atoms with Gasteiger partial charge in [-0.2, -0.15) is 0 Å². The highest BCUT2D eigenvalue weighted by atomic mass is 32.2. The fourth-order valence-corrected chi connectivity index (χ4v) is 6.86. The minimum atomic E-state index is -1.03. The molecule has 5 atom stereocenters. The zero-order chi connectivity index (χ0) is 32.4. The lowest BCUT2D eigenvalue weighted by Gasteiger charge is -2.46. The molecule has 240 valence electrons. The van der Waals surface area contributed by atoms with Crippen LogP contribution in [0, 0.1) is 0 Å². The first kappa shape index (κ1) is 33.4. The lowest BCUT2D eigenvalue weighted by atomic mass is 9.80. The van der Waals surface area contributed by atoms with Gasteiger partial charge in [0.15, 0.2) is 12.2 Å². The first-order valence-corrected chi connectivity index (χ1v) is 16.5. The van der Waals surface area contributed by atoms with Gasteiger partial charge in [0.2, 0.25) is 0 Å². The Bertz CT molecular complexity index is 1420. The van der Waals surface area contributed by atoms with Crippen LogP contribution in [0.5, 0.6) is 0 Å². The summed E-state index contributed by atoms with van der Waals surface area (Å²) in [6, 6.07) is 39.8. The van der Waals surface area contributed by atoms with Gasteiger partial charge in [-0.15, -0.1) is 11.8 Å². The van der Waals surface area contributed by atoms with Crippen molar-refractivity contribution >= 4 is 23.7 Å². The third-order valence-corrected chi connectivity index (χ3v) is 8.86. The lowest BCUT2D eigenvalue weighted by Crippen LogP contribution is -2.61.